The molecule has 3 aromatic rings. The van der Waals surface area contributed by atoms with E-state index in [9.17, 15) is 24.3 Å². The Morgan fingerprint density at radius 1 is 0.864 bits per heavy atom. The summed E-state index contributed by atoms with van der Waals surface area (Å²) in [6, 6.07) is 17.4. The number of nitrogens with one attached hydrogen (secondary N) is 1. The second kappa shape index (κ2) is 18.2. The molecule has 4 aliphatic heterocycles. The highest BCUT2D eigenvalue weighted by Crippen LogP contribution is 2.38. The third kappa shape index (κ3) is 9.31. The lowest BCUT2D eigenvalue weighted by Crippen LogP contribution is -2.60. The molecule has 8 rings (SSSR count). The van der Waals surface area contributed by atoms with E-state index in [0.717, 1.165) is 75.7 Å². The van der Waals surface area contributed by atoms with Crippen LogP contribution in [0.15, 0.2) is 60.8 Å². The number of aromatic hydroxyl groups is 1. The Bertz CT molecular complexity index is 1960. The van der Waals surface area contributed by atoms with Crippen molar-refractivity contribution in [2.45, 2.75) is 113 Å². The summed E-state index contributed by atoms with van der Waals surface area (Å²) in [6.45, 7) is 4.67. The van der Waals surface area contributed by atoms with Gasteiger partial charge in [0.2, 0.25) is 17.7 Å². The molecular weight excluding hydrogens is 747 g/mol. The minimum absolute atomic E-state index is 0.0408. The Hall–Kier alpha value is -4.88. The number of para-hydroxylation sites is 1. The van der Waals surface area contributed by atoms with E-state index in [1.807, 2.05) is 47.2 Å². The molecule has 2 aromatic carbocycles. The largest absolute Gasteiger partial charge is 0.507 e. The van der Waals surface area contributed by atoms with Crippen LogP contribution in [0.25, 0.3) is 11.3 Å². The summed E-state index contributed by atoms with van der Waals surface area (Å²) < 4.78 is 6.93. The molecule has 13 nitrogen and oxygen atoms in total. The van der Waals surface area contributed by atoms with Gasteiger partial charge in [-0.05, 0) is 93.3 Å². The zero-order chi connectivity index (χ0) is 40.9. The SMILES string of the molecule is CN(C(=O)C1(OC2CCCCC2)CCN(c2cnnc(-c3ccccc3O)c2)CC1)C1CCN(C(=O)CN2CCC(c3ccc([C@@H]4CCC(=O)NC4=O)cc3)CC2)CC1. The van der Waals surface area contributed by atoms with Crippen LogP contribution in [0.1, 0.15) is 106 Å². The Labute approximate surface area is 347 Å². The number of aromatic nitrogens is 2. The highest BCUT2D eigenvalue weighted by atomic mass is 16.5. The quantitative estimate of drug-likeness (QED) is 0.256. The van der Waals surface area contributed by atoms with Crippen molar-refractivity contribution in [3.8, 4) is 17.0 Å². The van der Waals surface area contributed by atoms with Gasteiger partial charge in [-0.25, -0.2) is 0 Å². The first kappa shape index (κ1) is 40.9. The number of likely N-dealkylation sites (N-methyl/N-ethyl adjacent to an activating group) is 1. The summed E-state index contributed by atoms with van der Waals surface area (Å²) in [4.78, 5) is 60.5. The average molecular weight is 806 g/mol. The van der Waals surface area contributed by atoms with E-state index >= 15 is 0 Å². The molecule has 0 spiro atoms. The second-order valence-electron chi connectivity index (χ2n) is 17.4. The van der Waals surface area contributed by atoms with Crippen LogP contribution in [0.2, 0.25) is 0 Å². The van der Waals surface area contributed by atoms with E-state index in [1.165, 1.54) is 12.0 Å². The van der Waals surface area contributed by atoms with Crippen molar-refractivity contribution in [2.24, 2.45) is 0 Å². The van der Waals surface area contributed by atoms with E-state index in [4.69, 9.17) is 4.74 Å². The molecule has 2 N–H and O–H groups in total. The Morgan fingerprint density at radius 3 is 2.25 bits per heavy atom. The van der Waals surface area contributed by atoms with Crippen LogP contribution in [0.4, 0.5) is 5.69 Å². The molecular formula is C46H59N7O6. The minimum Gasteiger partial charge on any atom is -0.507 e. The molecule has 5 fully saturated rings. The van der Waals surface area contributed by atoms with Gasteiger partial charge in [0.25, 0.3) is 5.91 Å². The lowest BCUT2D eigenvalue weighted by molar-refractivity contribution is -0.175. The molecule has 5 heterocycles. The van der Waals surface area contributed by atoms with Crippen LogP contribution in [0, 0.1) is 0 Å². The smallest absolute Gasteiger partial charge is 0.254 e. The molecule has 13 heteroatoms. The number of carbonyl (C=O) groups is 4. The standard InChI is InChI=1S/C46H59N7O6/c1-50(45(58)46(59-37-7-3-2-4-8-37)21-27-52(28-22-46)36-29-40(49-47-30-36)39-9-5-6-10-41(39)54)35-19-25-53(26-20-35)43(56)31-51-23-17-33(18-24-51)32-11-13-34(14-12-32)38-15-16-42(55)48-44(38)57/h5-6,9-14,29-30,33,35,37-38,54H,2-4,7-8,15-28,31H2,1H3,(H,48,55,57)/t38-/m0/s1. The fraction of sp³-hybridized carbons (Fsp3) is 0.565. The van der Waals surface area contributed by atoms with Gasteiger partial charge in [0.15, 0.2) is 5.60 Å². The third-order valence-electron chi connectivity index (χ3n) is 13.8. The number of hydrogen-bond acceptors (Lipinski definition) is 10. The van der Waals surface area contributed by atoms with Crippen LogP contribution in [-0.4, -0.2) is 124 Å². The number of anilines is 1. The average Bonchev–Trinajstić information content (AvgIpc) is 3.27. The number of phenolic OH excluding ortho intramolecular Hbond substituents is 1. The molecule has 59 heavy (non-hydrogen) atoms. The second-order valence-corrected chi connectivity index (χ2v) is 17.4. The maximum atomic E-state index is 14.7. The number of benzene rings is 2. The van der Waals surface area contributed by atoms with E-state index in [-0.39, 0.29) is 47.4 Å². The monoisotopic (exact) mass is 805 g/mol. The first-order valence-corrected chi connectivity index (χ1v) is 21.9. The van der Waals surface area contributed by atoms with Crippen LogP contribution >= 0.6 is 0 Å². The van der Waals surface area contributed by atoms with Gasteiger partial charge in [0, 0.05) is 64.1 Å². The van der Waals surface area contributed by atoms with Crippen molar-refractivity contribution in [1.29, 1.82) is 0 Å². The van der Waals surface area contributed by atoms with Gasteiger partial charge >= 0.3 is 0 Å². The molecule has 4 saturated heterocycles. The van der Waals surface area contributed by atoms with E-state index in [0.29, 0.717) is 75.6 Å². The van der Waals surface area contributed by atoms with Crippen molar-refractivity contribution >= 4 is 29.3 Å². The minimum atomic E-state index is -0.900. The van der Waals surface area contributed by atoms with Crippen molar-refractivity contribution < 1.29 is 29.0 Å². The van der Waals surface area contributed by atoms with Crippen LogP contribution in [0.5, 0.6) is 5.75 Å². The first-order valence-electron chi connectivity index (χ1n) is 21.9. The zero-order valence-electron chi connectivity index (χ0n) is 34.4. The van der Waals surface area contributed by atoms with Gasteiger partial charge in [0.05, 0.1) is 36.1 Å². The maximum absolute atomic E-state index is 14.7. The summed E-state index contributed by atoms with van der Waals surface area (Å²) in [5.41, 5.74) is 3.46. The summed E-state index contributed by atoms with van der Waals surface area (Å²) in [6.07, 6.45) is 12.8. The molecule has 314 valence electrons. The molecule has 1 atom stereocenters. The number of carbonyl (C=O) groups excluding carboxylic acids is 4. The molecule has 0 bridgehead atoms. The summed E-state index contributed by atoms with van der Waals surface area (Å²) in [5.74, 6) is 0.109. The summed E-state index contributed by atoms with van der Waals surface area (Å²) in [7, 11) is 1.93. The first-order chi connectivity index (χ1) is 28.7. The molecule has 1 aromatic heterocycles. The van der Waals surface area contributed by atoms with E-state index in [1.54, 1.807) is 18.3 Å². The third-order valence-corrected chi connectivity index (χ3v) is 13.8. The Morgan fingerprint density at radius 2 is 1.56 bits per heavy atom. The Kier molecular flexibility index (Phi) is 12.6. The molecule has 0 unspecified atom stereocenters. The van der Waals surface area contributed by atoms with Gasteiger partial charge < -0.3 is 24.5 Å². The number of nitrogens with zero attached hydrogens (tertiary/aromatic N) is 6. The van der Waals surface area contributed by atoms with Crippen LogP contribution in [0.3, 0.4) is 0 Å². The number of rotatable bonds is 10. The molecule has 5 aliphatic rings. The maximum Gasteiger partial charge on any atom is 0.254 e. The summed E-state index contributed by atoms with van der Waals surface area (Å²) >= 11 is 0. The number of piperidine rings is 4. The predicted octanol–water partition coefficient (Wildman–Crippen LogP) is 5.39. The molecule has 1 aliphatic carbocycles. The lowest BCUT2D eigenvalue weighted by Gasteiger charge is -2.47. The van der Waals surface area contributed by atoms with Gasteiger partial charge in [-0.2, -0.15) is 10.2 Å². The van der Waals surface area contributed by atoms with Crippen LogP contribution in [-0.2, 0) is 23.9 Å². The van der Waals surface area contributed by atoms with Gasteiger partial charge in [-0.15, -0.1) is 0 Å². The fourth-order valence-electron chi connectivity index (χ4n) is 10.1. The number of imide groups is 1. The zero-order valence-corrected chi connectivity index (χ0v) is 34.4. The van der Waals surface area contributed by atoms with Gasteiger partial charge in [-0.3, -0.25) is 29.4 Å². The molecule has 0 radical (unpaired) electrons. The molecule has 1 saturated carbocycles. The van der Waals surface area contributed by atoms with E-state index in [2.05, 4.69) is 37.4 Å². The van der Waals surface area contributed by atoms with E-state index < -0.39 is 5.60 Å². The van der Waals surface area contributed by atoms with Gasteiger partial charge in [0.1, 0.15) is 5.75 Å². The Balaban J connectivity index is 0.828. The van der Waals surface area contributed by atoms with Crippen molar-refractivity contribution in [2.75, 3.05) is 57.8 Å². The van der Waals surface area contributed by atoms with Crippen molar-refractivity contribution in [1.82, 2.24) is 30.2 Å². The number of hydrogen-bond donors (Lipinski definition) is 2. The summed E-state index contributed by atoms with van der Waals surface area (Å²) in [5, 5.41) is 21.4. The highest BCUT2D eigenvalue weighted by molar-refractivity contribution is 6.00. The van der Waals surface area contributed by atoms with Gasteiger partial charge in [-0.1, -0.05) is 55.7 Å². The molecule has 4 amide bonds. The van der Waals surface area contributed by atoms with Crippen molar-refractivity contribution in [3.05, 3.63) is 71.9 Å². The number of ether oxygens (including phenoxy) is 1. The number of phenols is 1. The highest BCUT2D eigenvalue weighted by Gasteiger charge is 2.47. The topological polar surface area (TPSA) is 149 Å². The predicted molar refractivity (Wildman–Crippen MR) is 224 cm³/mol. The fourth-order valence-corrected chi connectivity index (χ4v) is 10.1. The number of amides is 4. The van der Waals surface area contributed by atoms with Crippen molar-refractivity contribution in [3.63, 3.8) is 0 Å². The normalized spacial score (nSPS) is 22.6. The number of likely N-dealkylation sites (tertiary alicyclic amines) is 2. The van der Waals surface area contributed by atoms with Crippen LogP contribution < -0.4 is 10.2 Å². The lowest BCUT2D eigenvalue weighted by atomic mass is 9.86.